The normalized spacial score (nSPS) is 11.3. The number of benzene rings is 1. The molecule has 1 aromatic carbocycles. The number of hydrogen-bond acceptors (Lipinski definition) is 2. The molecule has 0 aliphatic carbocycles. The quantitative estimate of drug-likeness (QED) is 0.870. The third-order valence-electron chi connectivity index (χ3n) is 3.29. The molecule has 0 spiro atoms. The van der Waals surface area contributed by atoms with Gasteiger partial charge in [0.1, 0.15) is 5.82 Å². The first-order chi connectivity index (χ1) is 10.0. The van der Waals surface area contributed by atoms with Gasteiger partial charge in [-0.2, -0.15) is 5.10 Å². The van der Waals surface area contributed by atoms with Gasteiger partial charge in [0.05, 0.1) is 16.9 Å². The molecule has 0 bridgehead atoms. The minimum atomic E-state index is -0.422. The molecule has 3 nitrogen and oxygen atoms in total. The van der Waals surface area contributed by atoms with Crippen LogP contribution in [-0.4, -0.2) is 15.8 Å². The summed E-state index contributed by atoms with van der Waals surface area (Å²) in [5.41, 5.74) is 2.98. The highest BCUT2D eigenvalue weighted by atomic mass is 35.5. The van der Waals surface area contributed by atoms with Gasteiger partial charge < -0.3 is 5.32 Å². The van der Waals surface area contributed by atoms with Crippen LogP contribution in [0.2, 0.25) is 5.02 Å². The molecule has 1 heterocycles. The van der Waals surface area contributed by atoms with E-state index in [4.69, 9.17) is 11.6 Å². The summed E-state index contributed by atoms with van der Waals surface area (Å²) in [5.74, 6) is -0.422. The number of halogens is 2. The maximum absolute atomic E-state index is 13.7. The Labute approximate surface area is 130 Å². The van der Waals surface area contributed by atoms with Crippen molar-refractivity contribution in [3.05, 3.63) is 46.5 Å². The first kappa shape index (κ1) is 16.0. The van der Waals surface area contributed by atoms with Crippen molar-refractivity contribution in [2.75, 3.05) is 0 Å². The van der Waals surface area contributed by atoms with Gasteiger partial charge in [-0.05, 0) is 18.6 Å². The molecular formula is C16H21ClFN3. The summed E-state index contributed by atoms with van der Waals surface area (Å²) >= 11 is 5.74. The van der Waals surface area contributed by atoms with E-state index >= 15 is 0 Å². The Morgan fingerprint density at radius 2 is 2.14 bits per heavy atom. The van der Waals surface area contributed by atoms with E-state index < -0.39 is 5.82 Å². The number of rotatable bonds is 6. The summed E-state index contributed by atoms with van der Waals surface area (Å²) in [4.78, 5) is 0. The molecule has 1 aromatic heterocycles. The third kappa shape index (κ3) is 3.83. The smallest absolute Gasteiger partial charge is 0.143 e. The average molecular weight is 310 g/mol. The Balaban J connectivity index is 2.36. The molecule has 0 aliphatic rings. The highest BCUT2D eigenvalue weighted by molar-refractivity contribution is 6.30. The van der Waals surface area contributed by atoms with E-state index in [9.17, 15) is 4.39 Å². The van der Waals surface area contributed by atoms with Gasteiger partial charge in [-0.25, -0.2) is 9.07 Å². The summed E-state index contributed by atoms with van der Waals surface area (Å²) in [6.07, 6.45) is 3.77. The second-order valence-corrected chi connectivity index (χ2v) is 5.82. The Morgan fingerprint density at radius 3 is 2.76 bits per heavy atom. The lowest BCUT2D eigenvalue weighted by Crippen LogP contribution is -2.22. The highest BCUT2D eigenvalue weighted by Crippen LogP contribution is 2.21. The van der Waals surface area contributed by atoms with E-state index in [1.54, 1.807) is 16.8 Å². The first-order valence-corrected chi connectivity index (χ1v) is 7.65. The van der Waals surface area contributed by atoms with Crippen molar-refractivity contribution in [1.82, 2.24) is 15.1 Å². The van der Waals surface area contributed by atoms with Crippen LogP contribution < -0.4 is 5.32 Å². The highest BCUT2D eigenvalue weighted by Gasteiger charge is 2.13. The van der Waals surface area contributed by atoms with Crippen molar-refractivity contribution in [2.45, 2.75) is 46.2 Å². The predicted molar refractivity (Wildman–Crippen MR) is 84.5 cm³/mol. The van der Waals surface area contributed by atoms with E-state index in [1.165, 1.54) is 6.07 Å². The van der Waals surface area contributed by atoms with E-state index in [-0.39, 0.29) is 5.02 Å². The molecule has 0 unspecified atom stereocenters. The van der Waals surface area contributed by atoms with Gasteiger partial charge in [0.25, 0.3) is 0 Å². The molecule has 0 saturated carbocycles. The topological polar surface area (TPSA) is 29.9 Å². The lowest BCUT2D eigenvalue weighted by atomic mass is 10.1. The standard InChI is InChI=1S/C16H21ClFN3/c1-4-5-16-12(9-19-11(2)3)10-20-21(16)13-6-7-14(17)15(18)8-13/h6-8,10-11,19H,4-5,9H2,1-3H3. The van der Waals surface area contributed by atoms with Crippen molar-refractivity contribution in [3.8, 4) is 5.69 Å². The summed E-state index contributed by atoms with van der Waals surface area (Å²) in [5, 5.41) is 7.95. The minimum Gasteiger partial charge on any atom is -0.310 e. The molecule has 2 rings (SSSR count). The summed E-state index contributed by atoms with van der Waals surface area (Å²) in [6, 6.07) is 5.19. The van der Waals surface area contributed by atoms with Crippen LogP contribution in [0.15, 0.2) is 24.4 Å². The number of aromatic nitrogens is 2. The van der Waals surface area contributed by atoms with Gasteiger partial charge in [-0.1, -0.05) is 38.8 Å². The molecule has 0 amide bonds. The van der Waals surface area contributed by atoms with Crippen molar-refractivity contribution < 1.29 is 4.39 Å². The van der Waals surface area contributed by atoms with Crippen LogP contribution in [0.5, 0.6) is 0 Å². The number of nitrogens with one attached hydrogen (secondary N) is 1. The first-order valence-electron chi connectivity index (χ1n) is 7.27. The predicted octanol–water partition coefficient (Wildman–Crippen LogP) is 4.12. The molecule has 21 heavy (non-hydrogen) atoms. The molecule has 0 aliphatic heterocycles. The Hall–Kier alpha value is -1.39. The van der Waals surface area contributed by atoms with E-state index in [0.717, 1.165) is 30.6 Å². The van der Waals surface area contributed by atoms with Crippen molar-refractivity contribution in [1.29, 1.82) is 0 Å². The van der Waals surface area contributed by atoms with Gasteiger partial charge in [0, 0.05) is 29.9 Å². The molecule has 0 fully saturated rings. The molecule has 0 atom stereocenters. The zero-order valence-corrected chi connectivity index (χ0v) is 13.4. The zero-order valence-electron chi connectivity index (χ0n) is 12.7. The fourth-order valence-corrected chi connectivity index (χ4v) is 2.33. The van der Waals surface area contributed by atoms with Crippen LogP contribution in [0.3, 0.4) is 0 Å². The largest absolute Gasteiger partial charge is 0.310 e. The monoisotopic (exact) mass is 309 g/mol. The van der Waals surface area contributed by atoms with Crippen molar-refractivity contribution in [3.63, 3.8) is 0 Å². The van der Waals surface area contributed by atoms with Crippen LogP contribution in [0.1, 0.15) is 38.4 Å². The number of hydrogen-bond donors (Lipinski definition) is 1. The molecule has 1 N–H and O–H groups in total. The number of nitrogens with zero attached hydrogens (tertiary/aromatic N) is 2. The zero-order chi connectivity index (χ0) is 15.4. The maximum Gasteiger partial charge on any atom is 0.143 e. The molecule has 5 heteroatoms. The van der Waals surface area contributed by atoms with Crippen LogP contribution >= 0.6 is 11.6 Å². The van der Waals surface area contributed by atoms with Crippen LogP contribution in [0.25, 0.3) is 5.69 Å². The van der Waals surface area contributed by atoms with E-state index in [1.807, 2.05) is 6.20 Å². The molecule has 114 valence electrons. The van der Waals surface area contributed by atoms with Crippen LogP contribution in [-0.2, 0) is 13.0 Å². The van der Waals surface area contributed by atoms with E-state index in [0.29, 0.717) is 11.7 Å². The molecular weight excluding hydrogens is 289 g/mol. The Kier molecular flexibility index (Phi) is 5.37. The van der Waals surface area contributed by atoms with E-state index in [2.05, 4.69) is 31.2 Å². The molecule has 0 saturated heterocycles. The summed E-state index contributed by atoms with van der Waals surface area (Å²) in [7, 11) is 0. The van der Waals surface area contributed by atoms with Crippen LogP contribution in [0.4, 0.5) is 4.39 Å². The maximum atomic E-state index is 13.7. The lowest BCUT2D eigenvalue weighted by Gasteiger charge is -2.11. The second kappa shape index (κ2) is 7.05. The van der Waals surface area contributed by atoms with Gasteiger partial charge in [-0.15, -0.1) is 0 Å². The SMILES string of the molecule is CCCc1c(CNC(C)C)cnn1-c1ccc(Cl)c(F)c1. The van der Waals surface area contributed by atoms with Crippen molar-refractivity contribution >= 4 is 11.6 Å². The summed E-state index contributed by atoms with van der Waals surface area (Å²) in [6.45, 7) is 7.11. The summed E-state index contributed by atoms with van der Waals surface area (Å²) < 4.78 is 15.5. The fraction of sp³-hybridized carbons (Fsp3) is 0.438. The van der Waals surface area contributed by atoms with Crippen LogP contribution in [0, 0.1) is 5.82 Å². The third-order valence-corrected chi connectivity index (χ3v) is 3.60. The molecule has 2 aromatic rings. The van der Waals surface area contributed by atoms with Gasteiger partial charge in [0.2, 0.25) is 0 Å². The second-order valence-electron chi connectivity index (χ2n) is 5.41. The Morgan fingerprint density at radius 1 is 1.38 bits per heavy atom. The average Bonchev–Trinajstić information content (AvgIpc) is 2.83. The van der Waals surface area contributed by atoms with Gasteiger partial charge in [-0.3, -0.25) is 0 Å². The lowest BCUT2D eigenvalue weighted by molar-refractivity contribution is 0.585. The fourth-order valence-electron chi connectivity index (χ4n) is 2.21. The minimum absolute atomic E-state index is 0.129. The molecule has 0 radical (unpaired) electrons. The van der Waals surface area contributed by atoms with Crippen molar-refractivity contribution in [2.24, 2.45) is 0 Å². The van der Waals surface area contributed by atoms with Gasteiger partial charge >= 0.3 is 0 Å². The van der Waals surface area contributed by atoms with Gasteiger partial charge in [0.15, 0.2) is 0 Å². The Bertz CT molecular complexity index is 608.